The van der Waals surface area contributed by atoms with Crippen molar-refractivity contribution < 1.29 is 9.84 Å². The molecule has 1 N–H and O–H groups in total. The molecule has 3 rings (SSSR count). The molecule has 1 heterocycles. The third-order valence-corrected chi connectivity index (χ3v) is 7.26. The van der Waals surface area contributed by atoms with E-state index in [1.54, 1.807) is 4.99 Å². The van der Waals surface area contributed by atoms with Crippen molar-refractivity contribution in [3.8, 4) is 0 Å². The fourth-order valence-corrected chi connectivity index (χ4v) is 5.74. The van der Waals surface area contributed by atoms with E-state index in [1.807, 2.05) is 0 Å². The summed E-state index contributed by atoms with van der Waals surface area (Å²) in [6, 6.07) is 0. The molecular weight excluding hydrogens is 464 g/mol. The summed E-state index contributed by atoms with van der Waals surface area (Å²) in [5.74, 6) is 1.78. The number of alkyl halides is 2. The molecule has 0 aromatic rings. The normalized spacial score (nSPS) is 50.0. The van der Waals surface area contributed by atoms with Gasteiger partial charge in [-0.05, 0) is 43.1 Å². The Morgan fingerprint density at radius 2 is 2.00 bits per heavy atom. The number of aliphatic hydroxyl groups excluding tert-OH is 1. The zero-order chi connectivity index (χ0) is 15.1. The molecule has 118 valence electrons. The molecule has 3 aliphatic rings. The smallest absolute Gasteiger partial charge is 0.0733 e. The molecule has 0 radical (unpaired) electrons. The first-order valence-electron chi connectivity index (χ1n) is 7.66. The molecule has 21 heavy (non-hydrogen) atoms. The van der Waals surface area contributed by atoms with E-state index in [9.17, 15) is 5.11 Å². The van der Waals surface area contributed by atoms with E-state index < -0.39 is 0 Å². The maximum Gasteiger partial charge on any atom is 0.0733 e. The third-order valence-electron chi connectivity index (χ3n) is 5.25. The van der Waals surface area contributed by atoms with Gasteiger partial charge in [0.05, 0.1) is 18.3 Å². The lowest BCUT2D eigenvalue weighted by molar-refractivity contribution is -0.0649. The highest BCUT2D eigenvalue weighted by molar-refractivity contribution is 9.11. The fourth-order valence-electron chi connectivity index (χ4n) is 4.12. The minimum atomic E-state index is -0.241. The van der Waals surface area contributed by atoms with E-state index in [1.165, 1.54) is 0 Å². The molecule has 0 spiro atoms. The first-order chi connectivity index (χ1) is 10.0. The van der Waals surface area contributed by atoms with Gasteiger partial charge in [-0.3, -0.25) is 0 Å². The van der Waals surface area contributed by atoms with Crippen LogP contribution in [-0.2, 0) is 4.74 Å². The molecule has 1 saturated heterocycles. The summed E-state index contributed by atoms with van der Waals surface area (Å²) >= 11 is 10.7. The molecular formula is C16H21Br3O2. The first kappa shape index (κ1) is 16.7. The predicted molar refractivity (Wildman–Crippen MR) is 95.2 cm³/mol. The van der Waals surface area contributed by atoms with Crippen LogP contribution in [0.15, 0.2) is 16.8 Å². The number of aliphatic hydroxyl groups is 1. The third kappa shape index (κ3) is 3.39. The highest BCUT2D eigenvalue weighted by atomic mass is 79.9. The molecule has 2 aliphatic carbocycles. The topological polar surface area (TPSA) is 29.5 Å². The van der Waals surface area contributed by atoms with Crippen LogP contribution in [-0.4, -0.2) is 33.1 Å². The van der Waals surface area contributed by atoms with Gasteiger partial charge in [-0.15, -0.1) is 5.73 Å². The van der Waals surface area contributed by atoms with Crippen molar-refractivity contribution in [2.75, 3.05) is 0 Å². The van der Waals surface area contributed by atoms with Crippen molar-refractivity contribution in [1.29, 1.82) is 0 Å². The Balaban J connectivity index is 1.80. The molecule has 2 nitrogen and oxygen atoms in total. The van der Waals surface area contributed by atoms with Gasteiger partial charge in [0.15, 0.2) is 0 Å². The summed E-state index contributed by atoms with van der Waals surface area (Å²) in [6.07, 6.45) is 5.53. The summed E-state index contributed by atoms with van der Waals surface area (Å²) in [5.41, 5.74) is 3.13. The Morgan fingerprint density at radius 1 is 1.24 bits per heavy atom. The molecule has 0 unspecified atom stereocenters. The van der Waals surface area contributed by atoms with Gasteiger partial charge >= 0.3 is 0 Å². The lowest BCUT2D eigenvalue weighted by Crippen LogP contribution is -2.42. The standard InChI is InChI=1S/C16H21Br3O2/c1-8(18)16-11-7-10(11)15(20)14(19)12-5-9(3-2-4-17)6-13(12)21-16/h3-4,8-16,20H,5-7H2,1H3/t2?,8-,9-,10-,11+,12-,13+,14+,15-,16-/m0/s1. The number of ether oxygens (including phenoxy) is 1. The lowest BCUT2D eigenvalue weighted by Gasteiger charge is -2.35. The van der Waals surface area contributed by atoms with Crippen molar-refractivity contribution in [1.82, 2.24) is 0 Å². The van der Waals surface area contributed by atoms with Crippen molar-refractivity contribution in [3.63, 3.8) is 0 Å². The second-order valence-corrected chi connectivity index (χ2v) is 9.61. The summed E-state index contributed by atoms with van der Waals surface area (Å²) < 4.78 is 6.50. The van der Waals surface area contributed by atoms with Crippen LogP contribution >= 0.6 is 47.8 Å². The molecule has 9 atom stereocenters. The van der Waals surface area contributed by atoms with Crippen LogP contribution in [0.3, 0.4) is 0 Å². The van der Waals surface area contributed by atoms with E-state index in [0.717, 1.165) is 19.3 Å². The average molecular weight is 485 g/mol. The first-order valence-corrected chi connectivity index (χ1v) is 10.4. The van der Waals surface area contributed by atoms with Crippen LogP contribution < -0.4 is 0 Å². The average Bonchev–Trinajstić information content (AvgIpc) is 3.13. The van der Waals surface area contributed by atoms with Crippen LogP contribution in [0.4, 0.5) is 0 Å². The Bertz CT molecular complexity index is 447. The number of halogens is 3. The molecule has 0 bridgehead atoms. The van der Waals surface area contributed by atoms with Crippen molar-refractivity contribution in [2.45, 2.75) is 54.2 Å². The molecule has 5 heteroatoms. The molecule has 0 aromatic carbocycles. The van der Waals surface area contributed by atoms with Crippen LogP contribution in [0.2, 0.25) is 0 Å². The highest BCUT2D eigenvalue weighted by Crippen LogP contribution is 2.54. The van der Waals surface area contributed by atoms with Gasteiger partial charge in [-0.25, -0.2) is 0 Å². The number of fused-ring (bicyclic) bond motifs is 2. The molecule has 0 amide bonds. The van der Waals surface area contributed by atoms with Crippen LogP contribution in [0.1, 0.15) is 26.2 Å². The summed E-state index contributed by atoms with van der Waals surface area (Å²) in [5, 5.41) is 10.6. The van der Waals surface area contributed by atoms with E-state index in [0.29, 0.717) is 28.5 Å². The minimum Gasteiger partial charge on any atom is -0.392 e. The van der Waals surface area contributed by atoms with E-state index in [2.05, 4.69) is 66.5 Å². The van der Waals surface area contributed by atoms with Crippen molar-refractivity contribution in [3.05, 3.63) is 16.8 Å². The van der Waals surface area contributed by atoms with E-state index >= 15 is 0 Å². The van der Waals surface area contributed by atoms with Gasteiger partial charge in [0.25, 0.3) is 0 Å². The summed E-state index contributed by atoms with van der Waals surface area (Å²) in [6.45, 7) is 2.16. The predicted octanol–water partition coefficient (Wildman–Crippen LogP) is 4.39. The zero-order valence-corrected chi connectivity index (χ0v) is 16.7. The number of hydrogen-bond acceptors (Lipinski definition) is 2. The van der Waals surface area contributed by atoms with E-state index in [-0.39, 0.29) is 23.1 Å². The van der Waals surface area contributed by atoms with Gasteiger partial charge < -0.3 is 9.84 Å². The maximum atomic E-state index is 10.6. The van der Waals surface area contributed by atoms with Gasteiger partial charge in [0, 0.05) is 20.6 Å². The zero-order valence-electron chi connectivity index (χ0n) is 12.0. The van der Waals surface area contributed by atoms with Gasteiger partial charge in [0.2, 0.25) is 0 Å². The minimum absolute atomic E-state index is 0.149. The molecule has 3 fully saturated rings. The maximum absolute atomic E-state index is 10.6. The second kappa shape index (κ2) is 6.78. The van der Waals surface area contributed by atoms with Crippen LogP contribution in [0.25, 0.3) is 0 Å². The number of allylic oxidation sites excluding steroid dienone is 1. The largest absolute Gasteiger partial charge is 0.392 e. The van der Waals surface area contributed by atoms with Crippen molar-refractivity contribution in [2.24, 2.45) is 23.7 Å². The monoisotopic (exact) mass is 482 g/mol. The number of hydrogen-bond donors (Lipinski definition) is 1. The Labute approximate surface area is 151 Å². The molecule has 1 aliphatic heterocycles. The lowest BCUT2D eigenvalue weighted by atomic mass is 9.91. The second-order valence-electron chi connectivity index (χ2n) is 6.65. The fraction of sp³-hybridized carbons (Fsp3) is 0.812. The molecule has 2 saturated carbocycles. The quantitative estimate of drug-likeness (QED) is 0.465. The van der Waals surface area contributed by atoms with E-state index in [4.69, 9.17) is 4.74 Å². The van der Waals surface area contributed by atoms with Crippen molar-refractivity contribution >= 4 is 47.8 Å². The Morgan fingerprint density at radius 3 is 2.67 bits per heavy atom. The summed E-state index contributed by atoms with van der Waals surface area (Å²) in [7, 11) is 0. The van der Waals surface area contributed by atoms with Gasteiger partial charge in [-0.1, -0.05) is 54.7 Å². The van der Waals surface area contributed by atoms with Crippen LogP contribution in [0, 0.1) is 23.7 Å². The SMILES string of the molecule is C[C@H](Br)[C@@H]1O[C@@H]2C[C@@H](C=C=CBr)C[C@@H]2[C@@H](Br)[C@@H](O)[C@H]2C[C@H]21. The Kier molecular flexibility index (Phi) is 5.40. The van der Waals surface area contributed by atoms with Crippen LogP contribution in [0.5, 0.6) is 0 Å². The Hall–Kier alpha value is 0.880. The number of rotatable bonds is 2. The molecule has 0 aromatic heterocycles. The highest BCUT2D eigenvalue weighted by Gasteiger charge is 2.56. The van der Waals surface area contributed by atoms with Gasteiger partial charge in [-0.2, -0.15) is 0 Å². The van der Waals surface area contributed by atoms with Gasteiger partial charge in [0.1, 0.15) is 0 Å². The summed E-state index contributed by atoms with van der Waals surface area (Å²) in [4.78, 5) is 2.26.